The van der Waals surface area contributed by atoms with Crippen molar-refractivity contribution in [2.24, 2.45) is 0 Å². The standard InChI is InChI=1S/C10H16N8OS/c1-17(2)8-13-7(12-6-19-3)14-9(15-8)18-5-11-10(16-18)20-4/h5H,6H2,1-4H3,(H,12,13,14,15). The summed E-state index contributed by atoms with van der Waals surface area (Å²) in [6.45, 7) is 0.309. The minimum Gasteiger partial charge on any atom is -0.364 e. The summed E-state index contributed by atoms with van der Waals surface area (Å²) in [4.78, 5) is 18.8. The molecular formula is C10H16N8OS. The third-order valence-electron chi connectivity index (χ3n) is 2.24. The average Bonchev–Trinajstić information content (AvgIpc) is 2.93. The minimum atomic E-state index is 0.309. The highest BCUT2D eigenvalue weighted by Crippen LogP contribution is 2.12. The lowest BCUT2D eigenvalue weighted by atomic mass is 10.7. The molecule has 0 aliphatic carbocycles. The van der Waals surface area contributed by atoms with Crippen molar-refractivity contribution < 1.29 is 4.74 Å². The number of hydrogen-bond donors (Lipinski definition) is 1. The van der Waals surface area contributed by atoms with Crippen LogP contribution in [-0.4, -0.2) is 63.9 Å². The van der Waals surface area contributed by atoms with Gasteiger partial charge in [0.25, 0.3) is 5.95 Å². The summed E-state index contributed by atoms with van der Waals surface area (Å²) in [6, 6.07) is 0. The number of ether oxygens (including phenoxy) is 1. The van der Waals surface area contributed by atoms with Crippen molar-refractivity contribution in [1.82, 2.24) is 29.7 Å². The van der Waals surface area contributed by atoms with E-state index in [1.807, 2.05) is 20.4 Å². The van der Waals surface area contributed by atoms with Gasteiger partial charge in [-0.2, -0.15) is 19.6 Å². The van der Waals surface area contributed by atoms with E-state index in [9.17, 15) is 0 Å². The monoisotopic (exact) mass is 296 g/mol. The van der Waals surface area contributed by atoms with Crippen LogP contribution in [0.15, 0.2) is 11.5 Å². The molecule has 10 heteroatoms. The Hall–Kier alpha value is -1.94. The van der Waals surface area contributed by atoms with Crippen molar-refractivity contribution in [3.05, 3.63) is 6.33 Å². The molecule has 20 heavy (non-hydrogen) atoms. The average molecular weight is 296 g/mol. The van der Waals surface area contributed by atoms with Gasteiger partial charge in [0.15, 0.2) is 0 Å². The molecule has 2 rings (SSSR count). The Kier molecular flexibility index (Phi) is 4.69. The second-order valence-corrected chi connectivity index (χ2v) is 4.71. The van der Waals surface area contributed by atoms with Gasteiger partial charge in [0.2, 0.25) is 17.1 Å². The molecule has 2 aromatic heterocycles. The fourth-order valence-electron chi connectivity index (χ4n) is 1.31. The number of aromatic nitrogens is 6. The molecule has 0 spiro atoms. The Bertz CT molecular complexity index is 572. The number of rotatable bonds is 6. The topological polar surface area (TPSA) is 93.9 Å². The molecule has 0 unspecified atom stereocenters. The third-order valence-corrected chi connectivity index (χ3v) is 2.80. The van der Waals surface area contributed by atoms with Gasteiger partial charge in [0.1, 0.15) is 13.1 Å². The van der Waals surface area contributed by atoms with Gasteiger partial charge in [-0.1, -0.05) is 11.8 Å². The maximum Gasteiger partial charge on any atom is 0.258 e. The molecule has 0 atom stereocenters. The first kappa shape index (κ1) is 14.5. The summed E-state index contributed by atoms with van der Waals surface area (Å²) in [5.41, 5.74) is 0. The number of hydrogen-bond acceptors (Lipinski definition) is 9. The van der Waals surface area contributed by atoms with Gasteiger partial charge < -0.3 is 15.0 Å². The van der Waals surface area contributed by atoms with Gasteiger partial charge in [-0.3, -0.25) is 0 Å². The predicted molar refractivity (Wildman–Crippen MR) is 76.4 cm³/mol. The molecule has 0 aliphatic heterocycles. The Morgan fingerprint density at radius 3 is 2.75 bits per heavy atom. The van der Waals surface area contributed by atoms with Gasteiger partial charge in [0, 0.05) is 21.2 Å². The summed E-state index contributed by atoms with van der Waals surface area (Å²) >= 11 is 1.45. The fourth-order valence-corrected chi connectivity index (χ4v) is 1.63. The van der Waals surface area contributed by atoms with Crippen molar-refractivity contribution in [2.75, 3.05) is 44.4 Å². The summed E-state index contributed by atoms with van der Waals surface area (Å²) in [6.07, 6.45) is 3.48. The van der Waals surface area contributed by atoms with Crippen molar-refractivity contribution >= 4 is 23.7 Å². The Balaban J connectivity index is 2.37. The molecule has 0 saturated carbocycles. The van der Waals surface area contributed by atoms with E-state index in [4.69, 9.17) is 4.74 Å². The summed E-state index contributed by atoms with van der Waals surface area (Å²) < 4.78 is 6.46. The van der Waals surface area contributed by atoms with E-state index in [1.54, 1.807) is 18.3 Å². The smallest absolute Gasteiger partial charge is 0.258 e. The van der Waals surface area contributed by atoms with Crippen molar-refractivity contribution in [1.29, 1.82) is 0 Å². The first-order valence-corrected chi connectivity index (χ1v) is 6.98. The first-order valence-electron chi connectivity index (χ1n) is 5.76. The van der Waals surface area contributed by atoms with E-state index < -0.39 is 0 Å². The van der Waals surface area contributed by atoms with E-state index >= 15 is 0 Å². The van der Waals surface area contributed by atoms with Crippen molar-refractivity contribution in [3.8, 4) is 5.95 Å². The van der Waals surface area contributed by atoms with E-state index in [-0.39, 0.29) is 0 Å². The SMILES string of the molecule is COCNc1nc(N(C)C)nc(-n2cnc(SC)n2)n1. The number of nitrogens with one attached hydrogen (secondary N) is 1. The highest BCUT2D eigenvalue weighted by Gasteiger charge is 2.11. The lowest BCUT2D eigenvalue weighted by Gasteiger charge is -2.12. The first-order chi connectivity index (χ1) is 9.63. The second-order valence-electron chi connectivity index (χ2n) is 3.94. The van der Waals surface area contributed by atoms with Crippen LogP contribution in [0.3, 0.4) is 0 Å². The molecular weight excluding hydrogens is 280 g/mol. The van der Waals surface area contributed by atoms with E-state index in [1.165, 1.54) is 16.4 Å². The highest BCUT2D eigenvalue weighted by atomic mass is 32.2. The van der Waals surface area contributed by atoms with Gasteiger partial charge >= 0.3 is 0 Å². The van der Waals surface area contributed by atoms with Crippen molar-refractivity contribution in [3.63, 3.8) is 0 Å². The summed E-state index contributed by atoms with van der Waals surface area (Å²) in [5, 5.41) is 7.86. The zero-order valence-electron chi connectivity index (χ0n) is 11.7. The zero-order valence-corrected chi connectivity index (χ0v) is 12.5. The molecule has 0 aliphatic rings. The molecule has 0 saturated heterocycles. The van der Waals surface area contributed by atoms with Gasteiger partial charge in [-0.25, -0.2) is 4.98 Å². The van der Waals surface area contributed by atoms with Crippen LogP contribution in [0.1, 0.15) is 0 Å². The lowest BCUT2D eigenvalue weighted by molar-refractivity contribution is 0.220. The van der Waals surface area contributed by atoms with Crippen LogP contribution >= 0.6 is 11.8 Å². The van der Waals surface area contributed by atoms with Crippen LogP contribution in [-0.2, 0) is 4.74 Å². The molecule has 0 amide bonds. The fraction of sp³-hybridized carbons (Fsp3) is 0.500. The zero-order chi connectivity index (χ0) is 14.5. The summed E-state index contributed by atoms with van der Waals surface area (Å²) in [5.74, 6) is 1.34. The van der Waals surface area contributed by atoms with E-state index in [0.29, 0.717) is 29.7 Å². The molecule has 1 N–H and O–H groups in total. The third kappa shape index (κ3) is 3.33. The Morgan fingerprint density at radius 2 is 2.15 bits per heavy atom. The number of methoxy groups -OCH3 is 1. The predicted octanol–water partition coefficient (Wildman–Crippen LogP) is 0.256. The molecule has 2 heterocycles. The van der Waals surface area contributed by atoms with Crippen molar-refractivity contribution in [2.45, 2.75) is 5.16 Å². The molecule has 0 fully saturated rings. The molecule has 108 valence electrons. The Labute approximate surface area is 120 Å². The minimum absolute atomic E-state index is 0.309. The normalized spacial score (nSPS) is 10.6. The van der Waals surface area contributed by atoms with Gasteiger partial charge in [-0.05, 0) is 6.26 Å². The quantitative estimate of drug-likeness (QED) is 0.594. The van der Waals surface area contributed by atoms with Crippen LogP contribution in [0.2, 0.25) is 0 Å². The van der Waals surface area contributed by atoms with Crippen LogP contribution in [0.5, 0.6) is 0 Å². The highest BCUT2D eigenvalue weighted by molar-refractivity contribution is 7.98. The van der Waals surface area contributed by atoms with Crippen LogP contribution in [0.4, 0.5) is 11.9 Å². The molecule has 2 aromatic rings. The van der Waals surface area contributed by atoms with E-state index in [2.05, 4.69) is 30.4 Å². The second kappa shape index (κ2) is 6.48. The number of anilines is 2. The molecule has 0 aromatic carbocycles. The van der Waals surface area contributed by atoms with Crippen LogP contribution in [0, 0.1) is 0 Å². The van der Waals surface area contributed by atoms with Gasteiger partial charge in [-0.15, -0.1) is 5.10 Å². The number of nitrogens with zero attached hydrogens (tertiary/aromatic N) is 7. The van der Waals surface area contributed by atoms with Crippen LogP contribution in [0.25, 0.3) is 5.95 Å². The van der Waals surface area contributed by atoms with Crippen LogP contribution < -0.4 is 10.2 Å². The maximum absolute atomic E-state index is 4.95. The van der Waals surface area contributed by atoms with E-state index in [0.717, 1.165) is 0 Å². The molecule has 0 bridgehead atoms. The molecule has 9 nitrogen and oxygen atoms in total. The van der Waals surface area contributed by atoms with Gasteiger partial charge in [0.05, 0.1) is 0 Å². The number of thioether (sulfide) groups is 1. The largest absolute Gasteiger partial charge is 0.364 e. The Morgan fingerprint density at radius 1 is 1.35 bits per heavy atom. The lowest BCUT2D eigenvalue weighted by Crippen LogP contribution is -2.18. The molecule has 0 radical (unpaired) electrons. The maximum atomic E-state index is 4.95. The summed E-state index contributed by atoms with van der Waals surface area (Å²) in [7, 11) is 5.30.